The molecule has 0 aromatic rings. The summed E-state index contributed by atoms with van der Waals surface area (Å²) in [6.45, 7) is 59.8. The van der Waals surface area contributed by atoms with Gasteiger partial charge in [0.25, 0.3) is 0 Å². The van der Waals surface area contributed by atoms with E-state index in [2.05, 4.69) is 152 Å². The van der Waals surface area contributed by atoms with Crippen molar-refractivity contribution in [2.75, 3.05) is 80.3 Å². The predicted molar refractivity (Wildman–Crippen MR) is 498 cm³/mol. The normalized spacial score (nSPS) is 40.0. The molecule has 0 aromatic heterocycles. The van der Waals surface area contributed by atoms with Crippen molar-refractivity contribution >= 4 is 0 Å². The van der Waals surface area contributed by atoms with Gasteiger partial charge in [0.15, 0.2) is 0 Å². The van der Waals surface area contributed by atoms with Gasteiger partial charge in [-0.2, -0.15) is 0 Å². The molecule has 118 heavy (non-hydrogen) atoms. The highest BCUT2D eigenvalue weighted by molar-refractivity contribution is 5.11. The molecule has 0 amide bonds. The van der Waals surface area contributed by atoms with E-state index >= 15 is 0 Å². The van der Waals surface area contributed by atoms with Gasteiger partial charge in [-0.15, -0.1) is 0 Å². The van der Waals surface area contributed by atoms with Gasteiger partial charge in [-0.3, -0.25) is 0 Å². The molecule has 21 saturated carbocycles. The van der Waals surface area contributed by atoms with Crippen LogP contribution < -0.4 is 0 Å². The standard InChI is InChI=1S/C14H26O.2C13H22O.2C12H20O.C12H22O.C12H24O.2C7H16O.C6H14O/c1-2-15-14-10-6-9-13(11-14)12-7-4-3-5-8-12;1-2-14-9-13-6-10-3-11(7-13)5-12(4-10)8-13;1-2-14-8-13-11-4-9-3-10(6-11)7-12(13)5-9;1-2-13-12-6-9-3-10(7-12)5-11(4-9)8-12;1-2-13-12-10-4-8-3-9(6-10)7-11(12)5-8;1-5-13-10-8-9-6-7-12(10,4)11(9,2)3;1-5-13-12-8-10(4)6-7-11(12)9(2)3;1-5-6(2)7(3)8-4;1-5-8-7(4)6(2)3;1-5(2)6(3)7-4/h12-14H,2-11H2,1H3;10-12H,2-9H2,1H3;9-13H,2-8H2,1H3;9-11H,2-8H2,1H3;8-12H,2-7H2,1H3;9-10H,5-8H2,1-4H3;9-12H,5-8H2,1-4H3;2*6-7H,5H2,1-4H3;5-6H,1-4H3. The van der Waals surface area contributed by atoms with Crippen molar-refractivity contribution in [3.63, 3.8) is 0 Å². The van der Waals surface area contributed by atoms with Crippen LogP contribution in [0.1, 0.15) is 403 Å². The molecular weight excluding hydrogens is 1460 g/mol. The van der Waals surface area contributed by atoms with Crippen LogP contribution >= 0.6 is 0 Å². The third kappa shape index (κ3) is 29.8. The molecule has 0 heterocycles. The Labute approximate surface area is 733 Å². The predicted octanol–water partition coefficient (Wildman–Crippen LogP) is 28.9. The average Bonchev–Trinajstić information content (AvgIpc) is 1.59. The van der Waals surface area contributed by atoms with Crippen LogP contribution in [0.25, 0.3) is 0 Å². The van der Waals surface area contributed by atoms with Crippen molar-refractivity contribution in [1.82, 2.24) is 0 Å². The second-order valence-corrected chi connectivity index (χ2v) is 45.4. The summed E-state index contributed by atoms with van der Waals surface area (Å²) >= 11 is 0. The van der Waals surface area contributed by atoms with E-state index in [4.69, 9.17) is 47.4 Å². The average molecular weight is 1660 g/mol. The molecule has 0 N–H and O–H groups in total. The quantitative estimate of drug-likeness (QED) is 0.0834. The molecule has 0 saturated heterocycles. The van der Waals surface area contributed by atoms with Gasteiger partial charge in [0, 0.05) is 73.7 Å². The number of rotatable bonds is 26. The minimum absolute atomic E-state index is 0.351. The number of fused-ring (bicyclic) bond motifs is 2. The van der Waals surface area contributed by atoms with Crippen LogP contribution in [-0.2, 0) is 47.4 Å². The Balaban J connectivity index is 0.000000165. The highest BCUT2D eigenvalue weighted by Crippen LogP contribution is 2.67. The zero-order valence-electron chi connectivity index (χ0n) is 82.9. The topological polar surface area (TPSA) is 92.3 Å². The summed E-state index contributed by atoms with van der Waals surface area (Å²) in [5.41, 5.74) is 1.94. The first-order valence-electron chi connectivity index (χ1n) is 52.4. The SMILES string of the molecule is CCC(C)C(C)OC.CCOC(C)C(C)C.CCOC12CC3CC(CC(C3)C1)C2.CCOC1C2CC3CC(C2)CC1C3.CCOC1CC(C)CCC1C(C)C.CCOC1CC2CCC1(C)C2(C)C.CCOC1CCCC(C2CCCCC2)C1.CCOCC12CC3CC(CC(C3)C1)C2.CCOCC1C2CC3CC(C2)CC1C3.COC(C)C(C)C. The number of hydrogen-bond donors (Lipinski definition) is 0. The minimum Gasteiger partial charge on any atom is -0.381 e. The van der Waals surface area contributed by atoms with Crippen molar-refractivity contribution in [3.8, 4) is 0 Å². The maximum atomic E-state index is 6.04. The molecule has 0 aromatic carbocycles. The van der Waals surface area contributed by atoms with Gasteiger partial charge in [-0.25, -0.2) is 0 Å². The Morgan fingerprint density at radius 3 is 1.24 bits per heavy atom. The number of hydrogen-bond acceptors (Lipinski definition) is 10. The Morgan fingerprint density at radius 2 is 0.847 bits per heavy atom. The smallest absolute Gasteiger partial charge is 0.0690 e. The maximum absolute atomic E-state index is 6.04. The molecule has 10 nitrogen and oxygen atoms in total. The van der Waals surface area contributed by atoms with Crippen molar-refractivity contribution in [3.05, 3.63) is 0 Å². The monoisotopic (exact) mass is 1660 g/mol. The van der Waals surface area contributed by atoms with Crippen molar-refractivity contribution in [1.29, 1.82) is 0 Å². The molecule has 18 bridgehead atoms. The Bertz CT molecular complexity index is 2490. The van der Waals surface area contributed by atoms with Crippen molar-refractivity contribution < 1.29 is 47.4 Å². The summed E-state index contributed by atoms with van der Waals surface area (Å²) < 4.78 is 56.3. The fourth-order valence-corrected chi connectivity index (χ4v) is 29.2. The number of methoxy groups -OCH3 is 2. The first-order chi connectivity index (χ1) is 56.5. The highest BCUT2D eigenvalue weighted by Gasteiger charge is 2.62. The molecular formula is C108H202O10. The summed E-state index contributed by atoms with van der Waals surface area (Å²) in [7, 11) is 3.50. The molecule has 10 heteroatoms. The molecule has 21 rings (SSSR count). The fourth-order valence-electron chi connectivity index (χ4n) is 29.2. The molecule has 0 aliphatic heterocycles. The molecule has 21 aliphatic rings. The van der Waals surface area contributed by atoms with Gasteiger partial charge in [-0.05, 0) is 427 Å². The Hall–Kier alpha value is -0.400. The van der Waals surface area contributed by atoms with Gasteiger partial charge in [0.05, 0.1) is 54.9 Å². The van der Waals surface area contributed by atoms with E-state index in [0.717, 1.165) is 190 Å². The summed E-state index contributed by atoms with van der Waals surface area (Å²) in [6, 6.07) is 0. The lowest BCUT2D eigenvalue weighted by Crippen LogP contribution is -2.51. The summed E-state index contributed by atoms with van der Waals surface area (Å²) in [5, 5.41) is 0. The second kappa shape index (κ2) is 51.1. The van der Waals surface area contributed by atoms with Crippen LogP contribution in [0.5, 0.6) is 0 Å². The summed E-state index contributed by atoms with van der Waals surface area (Å²) in [4.78, 5) is 0. The van der Waals surface area contributed by atoms with Crippen LogP contribution in [0.3, 0.4) is 0 Å². The largest absolute Gasteiger partial charge is 0.381 e. The van der Waals surface area contributed by atoms with E-state index in [1.54, 1.807) is 46.3 Å². The third-order valence-corrected chi connectivity index (χ3v) is 36.0. The van der Waals surface area contributed by atoms with E-state index in [1.807, 2.05) is 6.92 Å². The van der Waals surface area contributed by atoms with E-state index < -0.39 is 0 Å². The van der Waals surface area contributed by atoms with Crippen molar-refractivity contribution in [2.24, 2.45) is 158 Å². The Kier molecular flexibility index (Phi) is 44.6. The Morgan fingerprint density at radius 1 is 0.373 bits per heavy atom. The lowest BCUT2D eigenvalue weighted by Gasteiger charge is -2.56. The van der Waals surface area contributed by atoms with Crippen LogP contribution in [0.4, 0.5) is 0 Å². The zero-order chi connectivity index (χ0) is 85.9. The van der Waals surface area contributed by atoms with Gasteiger partial charge in [0.1, 0.15) is 0 Å². The highest BCUT2D eigenvalue weighted by atomic mass is 16.5. The molecule has 0 spiro atoms. The van der Waals surface area contributed by atoms with E-state index in [9.17, 15) is 0 Å². The van der Waals surface area contributed by atoms with E-state index in [1.165, 1.54) is 212 Å². The van der Waals surface area contributed by atoms with Crippen LogP contribution in [0.15, 0.2) is 0 Å². The van der Waals surface area contributed by atoms with Crippen LogP contribution in [0, 0.1) is 158 Å². The van der Waals surface area contributed by atoms with Gasteiger partial charge < -0.3 is 47.4 Å². The molecule has 21 aliphatic carbocycles. The fraction of sp³-hybridized carbons (Fsp3) is 1.00. The summed E-state index contributed by atoms with van der Waals surface area (Å²) in [6.07, 6.45) is 58.9. The zero-order valence-corrected chi connectivity index (χ0v) is 82.9. The molecule has 12 atom stereocenters. The first-order valence-corrected chi connectivity index (χ1v) is 52.4. The van der Waals surface area contributed by atoms with Gasteiger partial charge in [0.2, 0.25) is 0 Å². The minimum atomic E-state index is 0.351. The maximum Gasteiger partial charge on any atom is 0.0690 e. The summed E-state index contributed by atoms with van der Waals surface area (Å²) in [5.74, 6) is 23.0. The lowest BCUT2D eigenvalue weighted by atomic mass is 9.50. The number of ether oxygens (including phenoxy) is 10. The molecule has 12 unspecified atom stereocenters. The van der Waals surface area contributed by atoms with Crippen molar-refractivity contribution in [2.45, 2.75) is 452 Å². The van der Waals surface area contributed by atoms with E-state index in [0.29, 0.717) is 82.3 Å². The molecule has 21 fully saturated rings. The second-order valence-electron chi connectivity index (χ2n) is 45.4. The first kappa shape index (κ1) is 103. The molecule has 0 radical (unpaired) electrons. The molecule has 694 valence electrons. The lowest BCUT2D eigenvalue weighted by molar-refractivity contribution is -0.159. The van der Waals surface area contributed by atoms with Crippen LogP contribution in [-0.4, -0.2) is 129 Å². The van der Waals surface area contributed by atoms with E-state index in [-0.39, 0.29) is 0 Å². The third-order valence-electron chi connectivity index (χ3n) is 36.0. The van der Waals surface area contributed by atoms with Crippen LogP contribution in [0.2, 0.25) is 0 Å². The van der Waals surface area contributed by atoms with Gasteiger partial charge in [-0.1, -0.05) is 134 Å². The van der Waals surface area contributed by atoms with Gasteiger partial charge >= 0.3 is 0 Å².